The summed E-state index contributed by atoms with van der Waals surface area (Å²) in [5.74, 6) is 1.05. The number of anilines is 2. The minimum Gasteiger partial charge on any atom is -0.354 e. The summed E-state index contributed by atoms with van der Waals surface area (Å²) in [6, 6.07) is 21.6. The first-order chi connectivity index (χ1) is 16.2. The Morgan fingerprint density at radius 2 is 1.67 bits per heavy atom. The van der Waals surface area contributed by atoms with E-state index in [1.807, 2.05) is 60.9 Å². The number of carbonyl (C=O) groups excluding carboxylic acids is 1. The van der Waals surface area contributed by atoms with Crippen LogP contribution in [-0.4, -0.2) is 47.1 Å². The number of nitrogens with one attached hydrogen (secondary N) is 1. The molecule has 7 nitrogen and oxygen atoms in total. The molecular weight excluding hydrogens is 412 g/mol. The lowest BCUT2D eigenvalue weighted by atomic mass is 9.98. The van der Waals surface area contributed by atoms with Gasteiger partial charge < -0.3 is 16.0 Å². The van der Waals surface area contributed by atoms with Gasteiger partial charge in [0.2, 0.25) is 0 Å². The molecule has 4 aromatic rings. The summed E-state index contributed by atoms with van der Waals surface area (Å²) >= 11 is 0. The van der Waals surface area contributed by atoms with E-state index >= 15 is 0 Å². The minimum absolute atomic E-state index is 0.570. The third kappa shape index (κ3) is 4.63. The van der Waals surface area contributed by atoms with Crippen molar-refractivity contribution in [3.8, 4) is 11.1 Å². The molecule has 1 fully saturated rings. The smallest absolute Gasteiger partial charge is 0.316 e. The van der Waals surface area contributed by atoms with Gasteiger partial charge in [0.15, 0.2) is 0 Å². The predicted octanol–water partition coefficient (Wildman–Crippen LogP) is 4.11. The molecule has 0 saturated carbocycles. The molecule has 0 bridgehead atoms. The van der Waals surface area contributed by atoms with Crippen molar-refractivity contribution in [2.45, 2.75) is 6.54 Å². The Bertz CT molecular complexity index is 1250. The highest BCUT2D eigenvalue weighted by Crippen LogP contribution is 2.33. The summed E-state index contributed by atoms with van der Waals surface area (Å²) in [6.45, 7) is 4.73. The maximum atomic E-state index is 11.3. The number of aromatic nitrogens is 2. The Morgan fingerprint density at radius 1 is 0.879 bits per heavy atom. The average Bonchev–Trinajstić information content (AvgIpc) is 2.86. The summed E-state index contributed by atoms with van der Waals surface area (Å²) in [7, 11) is 0. The van der Waals surface area contributed by atoms with Crippen LogP contribution < -0.4 is 16.0 Å². The molecule has 0 unspecified atom stereocenters. The van der Waals surface area contributed by atoms with Gasteiger partial charge in [-0.25, -0.2) is 9.78 Å². The van der Waals surface area contributed by atoms with E-state index in [1.54, 1.807) is 0 Å². The molecular formula is C26H26N6O. The van der Waals surface area contributed by atoms with Gasteiger partial charge >= 0.3 is 6.03 Å². The van der Waals surface area contributed by atoms with Gasteiger partial charge in [0.1, 0.15) is 5.82 Å². The van der Waals surface area contributed by atoms with E-state index < -0.39 is 6.03 Å². The summed E-state index contributed by atoms with van der Waals surface area (Å²) in [5.41, 5.74) is 9.20. The van der Waals surface area contributed by atoms with Gasteiger partial charge in [-0.15, -0.1) is 0 Å². The monoisotopic (exact) mass is 438 g/mol. The zero-order chi connectivity index (χ0) is 22.6. The Kier molecular flexibility index (Phi) is 5.87. The van der Waals surface area contributed by atoms with E-state index in [4.69, 9.17) is 10.7 Å². The van der Waals surface area contributed by atoms with Crippen molar-refractivity contribution in [3.63, 3.8) is 0 Å². The van der Waals surface area contributed by atoms with E-state index in [0.717, 1.165) is 66.1 Å². The molecule has 1 saturated heterocycles. The fraction of sp³-hybridized carbons (Fsp3) is 0.192. The lowest BCUT2D eigenvalue weighted by molar-refractivity contribution is 0.246. The number of nitrogens with two attached hydrogens (primary N) is 1. The molecule has 1 aliphatic heterocycles. The van der Waals surface area contributed by atoms with Gasteiger partial charge in [0.05, 0.1) is 11.4 Å². The van der Waals surface area contributed by atoms with Crippen LogP contribution in [0.2, 0.25) is 0 Å². The highest BCUT2D eigenvalue weighted by Gasteiger charge is 2.18. The predicted molar refractivity (Wildman–Crippen MR) is 132 cm³/mol. The summed E-state index contributed by atoms with van der Waals surface area (Å²) in [4.78, 5) is 25.3. The fourth-order valence-corrected chi connectivity index (χ4v) is 4.37. The van der Waals surface area contributed by atoms with Crippen LogP contribution in [0.25, 0.3) is 21.9 Å². The number of fused-ring (bicyclic) bond motifs is 1. The number of rotatable bonds is 5. The lowest BCUT2D eigenvalue weighted by Crippen LogP contribution is -2.46. The highest BCUT2D eigenvalue weighted by atomic mass is 16.2. The first kappa shape index (κ1) is 20.9. The van der Waals surface area contributed by atoms with E-state index in [9.17, 15) is 4.79 Å². The van der Waals surface area contributed by atoms with Gasteiger partial charge in [-0.2, -0.15) is 0 Å². The maximum absolute atomic E-state index is 11.3. The number of urea groups is 1. The third-order valence-corrected chi connectivity index (χ3v) is 6.05. The van der Waals surface area contributed by atoms with Crippen LogP contribution in [0, 0.1) is 0 Å². The Morgan fingerprint density at radius 3 is 2.36 bits per heavy atom. The van der Waals surface area contributed by atoms with Crippen LogP contribution in [0.1, 0.15) is 5.69 Å². The number of nitrogens with zero attached hydrogens (tertiary/aromatic N) is 4. The molecule has 0 atom stereocenters. The van der Waals surface area contributed by atoms with Gasteiger partial charge in [-0.05, 0) is 35.2 Å². The van der Waals surface area contributed by atoms with Crippen LogP contribution in [0.5, 0.6) is 0 Å². The van der Waals surface area contributed by atoms with E-state index in [0.29, 0.717) is 5.69 Å². The molecule has 2 aromatic heterocycles. The molecule has 3 heterocycles. The largest absolute Gasteiger partial charge is 0.354 e. The van der Waals surface area contributed by atoms with E-state index in [1.165, 1.54) is 0 Å². The van der Waals surface area contributed by atoms with Crippen molar-refractivity contribution in [2.24, 2.45) is 5.73 Å². The molecule has 0 aliphatic carbocycles. The number of amides is 2. The first-order valence-corrected chi connectivity index (χ1v) is 11.1. The maximum Gasteiger partial charge on any atom is 0.316 e. The van der Waals surface area contributed by atoms with Crippen molar-refractivity contribution in [1.82, 2.24) is 14.9 Å². The van der Waals surface area contributed by atoms with Crippen LogP contribution in [0.3, 0.4) is 0 Å². The molecule has 2 amide bonds. The first-order valence-electron chi connectivity index (χ1n) is 11.1. The van der Waals surface area contributed by atoms with Crippen LogP contribution >= 0.6 is 0 Å². The SMILES string of the molecule is NC(=O)Nc1ccc(-c2ccc(CN3CCN(c4ccccn4)CC3)nc2)c2ccccc12. The van der Waals surface area contributed by atoms with Crippen molar-refractivity contribution in [2.75, 3.05) is 36.4 Å². The van der Waals surface area contributed by atoms with Gasteiger partial charge in [0.25, 0.3) is 0 Å². The number of hydrogen-bond acceptors (Lipinski definition) is 5. The molecule has 0 radical (unpaired) electrons. The molecule has 0 spiro atoms. The van der Waals surface area contributed by atoms with Crippen LogP contribution in [0.4, 0.5) is 16.3 Å². The minimum atomic E-state index is -0.570. The molecule has 3 N–H and O–H groups in total. The zero-order valence-electron chi connectivity index (χ0n) is 18.3. The Balaban J connectivity index is 1.29. The second-order valence-electron chi connectivity index (χ2n) is 8.18. The van der Waals surface area contributed by atoms with Gasteiger partial charge in [0, 0.05) is 56.1 Å². The topological polar surface area (TPSA) is 87.4 Å². The fourth-order valence-electron chi connectivity index (χ4n) is 4.37. The number of piperazine rings is 1. The molecule has 2 aromatic carbocycles. The highest BCUT2D eigenvalue weighted by molar-refractivity contribution is 6.07. The number of hydrogen-bond donors (Lipinski definition) is 2. The normalized spacial score (nSPS) is 14.4. The second-order valence-corrected chi connectivity index (χ2v) is 8.18. The molecule has 166 valence electrons. The molecule has 33 heavy (non-hydrogen) atoms. The van der Waals surface area contributed by atoms with Gasteiger partial charge in [-0.1, -0.05) is 42.5 Å². The van der Waals surface area contributed by atoms with Crippen molar-refractivity contribution < 1.29 is 4.79 Å². The quantitative estimate of drug-likeness (QED) is 0.490. The molecule has 5 rings (SSSR count). The Hall–Kier alpha value is -3.97. The zero-order valence-corrected chi connectivity index (χ0v) is 18.3. The molecule has 7 heteroatoms. The van der Waals surface area contributed by atoms with Crippen molar-refractivity contribution in [3.05, 3.63) is 84.8 Å². The van der Waals surface area contributed by atoms with Crippen LogP contribution in [-0.2, 0) is 6.54 Å². The lowest BCUT2D eigenvalue weighted by Gasteiger charge is -2.35. The standard InChI is InChI=1S/C26H26N6O/c27-26(33)30-24-11-10-21(22-5-1-2-6-23(22)24)19-8-9-20(29-17-19)18-31-13-15-32(16-14-31)25-7-3-4-12-28-25/h1-12,17H,13-16,18H2,(H3,27,30,33). The number of pyridine rings is 2. The van der Waals surface area contributed by atoms with E-state index in [-0.39, 0.29) is 0 Å². The van der Waals surface area contributed by atoms with E-state index in [2.05, 4.69) is 38.3 Å². The summed E-state index contributed by atoms with van der Waals surface area (Å²) < 4.78 is 0. The van der Waals surface area contributed by atoms with Crippen molar-refractivity contribution in [1.29, 1.82) is 0 Å². The van der Waals surface area contributed by atoms with Crippen LogP contribution in [0.15, 0.2) is 79.1 Å². The number of benzene rings is 2. The molecule has 1 aliphatic rings. The van der Waals surface area contributed by atoms with Crippen molar-refractivity contribution >= 4 is 28.3 Å². The number of primary amides is 1. The average molecular weight is 439 g/mol. The summed E-state index contributed by atoms with van der Waals surface area (Å²) in [5, 5.41) is 4.70. The second kappa shape index (κ2) is 9.26. The summed E-state index contributed by atoms with van der Waals surface area (Å²) in [6.07, 6.45) is 3.78. The third-order valence-electron chi connectivity index (χ3n) is 6.05. The Labute approximate surface area is 192 Å². The number of carbonyl (C=O) groups is 1. The van der Waals surface area contributed by atoms with Gasteiger partial charge in [-0.3, -0.25) is 9.88 Å².